The van der Waals surface area contributed by atoms with Crippen LogP contribution in [-0.4, -0.2) is 23.0 Å². The molecule has 0 aliphatic carbocycles. The Labute approximate surface area is 125 Å². The summed E-state index contributed by atoms with van der Waals surface area (Å²) in [6.07, 6.45) is 0.00411. The van der Waals surface area contributed by atoms with Gasteiger partial charge in [0, 0.05) is 18.5 Å². The molecule has 0 fully saturated rings. The number of amides is 3. The van der Waals surface area contributed by atoms with Crippen molar-refractivity contribution >= 4 is 46.8 Å². The first kappa shape index (κ1) is 16.3. The van der Waals surface area contributed by atoms with Gasteiger partial charge < -0.3 is 10.4 Å². The van der Waals surface area contributed by atoms with Crippen LogP contribution in [0.2, 0.25) is 10.0 Å². The molecule has 0 bridgehead atoms. The molecule has 0 aliphatic rings. The lowest BCUT2D eigenvalue weighted by Crippen LogP contribution is -2.34. The van der Waals surface area contributed by atoms with E-state index in [9.17, 15) is 14.4 Å². The highest BCUT2D eigenvalue weighted by Crippen LogP contribution is 2.24. The highest BCUT2D eigenvalue weighted by Gasteiger charge is 2.09. The molecule has 0 unspecified atom stereocenters. The van der Waals surface area contributed by atoms with Crippen molar-refractivity contribution in [3.8, 4) is 0 Å². The van der Waals surface area contributed by atoms with Gasteiger partial charge in [-0.2, -0.15) is 0 Å². The van der Waals surface area contributed by atoms with E-state index < -0.39 is 17.9 Å². The zero-order chi connectivity index (χ0) is 15.1. The quantitative estimate of drug-likeness (QED) is 0.777. The Bertz CT molecular complexity index is 534. The molecule has 8 heteroatoms. The molecule has 20 heavy (non-hydrogen) atoms. The second-order valence-corrected chi connectivity index (χ2v) is 4.69. The number of carbonyl (C=O) groups is 3. The molecule has 1 rings (SSSR count). The van der Waals surface area contributed by atoms with Crippen molar-refractivity contribution in [2.24, 2.45) is 0 Å². The molecule has 0 spiro atoms. The summed E-state index contributed by atoms with van der Waals surface area (Å²) in [7, 11) is 0. The SMILES string of the molecule is O=C(O)CCCC(=O)NC(=O)Nc1ccc(Cl)c(Cl)c1. The second kappa shape index (κ2) is 7.72. The first-order valence-corrected chi connectivity index (χ1v) is 6.42. The molecule has 3 amide bonds. The third-order valence-corrected chi connectivity index (χ3v) is 2.96. The van der Waals surface area contributed by atoms with Crippen molar-refractivity contribution in [2.45, 2.75) is 19.3 Å². The minimum atomic E-state index is -0.988. The number of benzene rings is 1. The Kier molecular flexibility index (Phi) is 6.27. The number of carboxylic acids is 1. The van der Waals surface area contributed by atoms with Gasteiger partial charge in [0.15, 0.2) is 0 Å². The topological polar surface area (TPSA) is 95.5 Å². The summed E-state index contributed by atoms with van der Waals surface area (Å²) in [5, 5.41) is 13.5. The second-order valence-electron chi connectivity index (χ2n) is 3.88. The number of hydrogen-bond donors (Lipinski definition) is 3. The molecule has 108 valence electrons. The normalized spacial score (nSPS) is 9.90. The Morgan fingerprint density at radius 2 is 1.80 bits per heavy atom. The van der Waals surface area contributed by atoms with Gasteiger partial charge in [-0.3, -0.25) is 14.9 Å². The number of hydrogen-bond acceptors (Lipinski definition) is 3. The van der Waals surface area contributed by atoms with Gasteiger partial charge in [0.2, 0.25) is 5.91 Å². The monoisotopic (exact) mass is 318 g/mol. The zero-order valence-electron chi connectivity index (χ0n) is 10.3. The largest absolute Gasteiger partial charge is 0.481 e. The molecule has 0 aliphatic heterocycles. The number of carboxylic acid groups (broad SMARTS) is 1. The minimum Gasteiger partial charge on any atom is -0.481 e. The number of rotatable bonds is 5. The van der Waals surface area contributed by atoms with Gasteiger partial charge in [0.1, 0.15) is 0 Å². The van der Waals surface area contributed by atoms with Crippen LogP contribution in [0.3, 0.4) is 0 Å². The fourth-order valence-corrected chi connectivity index (χ4v) is 1.62. The van der Waals surface area contributed by atoms with Crippen LogP contribution in [0.1, 0.15) is 19.3 Å². The van der Waals surface area contributed by atoms with Gasteiger partial charge >= 0.3 is 12.0 Å². The molecule has 3 N–H and O–H groups in total. The number of carbonyl (C=O) groups excluding carboxylic acids is 2. The van der Waals surface area contributed by atoms with E-state index >= 15 is 0 Å². The molecule has 0 saturated heterocycles. The van der Waals surface area contributed by atoms with E-state index in [1.807, 2.05) is 0 Å². The number of imide groups is 1. The average molecular weight is 319 g/mol. The molecular formula is C12H12Cl2N2O4. The molecule has 0 aromatic heterocycles. The number of urea groups is 1. The van der Waals surface area contributed by atoms with Crippen molar-refractivity contribution in [1.29, 1.82) is 0 Å². The molecule has 6 nitrogen and oxygen atoms in total. The van der Waals surface area contributed by atoms with E-state index in [1.165, 1.54) is 18.2 Å². The Morgan fingerprint density at radius 3 is 2.40 bits per heavy atom. The number of nitrogens with one attached hydrogen (secondary N) is 2. The number of anilines is 1. The first-order chi connectivity index (χ1) is 9.38. The highest BCUT2D eigenvalue weighted by atomic mass is 35.5. The fraction of sp³-hybridized carbons (Fsp3) is 0.250. The van der Waals surface area contributed by atoms with E-state index in [0.29, 0.717) is 10.7 Å². The van der Waals surface area contributed by atoms with Crippen LogP contribution in [0.15, 0.2) is 18.2 Å². The van der Waals surface area contributed by atoms with E-state index in [0.717, 1.165) is 0 Å². The predicted octanol–water partition coefficient (Wildman–Crippen LogP) is 2.90. The minimum absolute atomic E-state index is 0.0406. The van der Waals surface area contributed by atoms with Crippen LogP contribution in [0.25, 0.3) is 0 Å². The third-order valence-electron chi connectivity index (χ3n) is 2.22. The van der Waals surface area contributed by atoms with Crippen LogP contribution in [0, 0.1) is 0 Å². The molecule has 0 heterocycles. The summed E-state index contributed by atoms with van der Waals surface area (Å²) in [5.74, 6) is -1.54. The molecule has 1 aromatic carbocycles. The van der Waals surface area contributed by atoms with Crippen LogP contribution in [-0.2, 0) is 9.59 Å². The Morgan fingerprint density at radius 1 is 1.10 bits per heavy atom. The lowest BCUT2D eigenvalue weighted by molar-refractivity contribution is -0.137. The number of halogens is 2. The molecule has 1 aromatic rings. The standard InChI is InChI=1S/C12H12Cl2N2O4/c13-8-5-4-7(6-9(8)14)15-12(20)16-10(17)2-1-3-11(18)19/h4-6H,1-3H2,(H,18,19)(H2,15,16,17,20). The lowest BCUT2D eigenvalue weighted by atomic mass is 10.2. The van der Waals surface area contributed by atoms with Gasteiger partial charge in [-0.1, -0.05) is 23.2 Å². The van der Waals surface area contributed by atoms with E-state index in [2.05, 4.69) is 10.6 Å². The molecule has 0 saturated carbocycles. The van der Waals surface area contributed by atoms with Gasteiger partial charge in [-0.15, -0.1) is 0 Å². The molecule has 0 atom stereocenters. The van der Waals surface area contributed by atoms with Gasteiger partial charge in [0.05, 0.1) is 10.0 Å². The van der Waals surface area contributed by atoms with Crippen LogP contribution >= 0.6 is 23.2 Å². The highest BCUT2D eigenvalue weighted by molar-refractivity contribution is 6.42. The molecule has 0 radical (unpaired) electrons. The van der Waals surface area contributed by atoms with Crippen molar-refractivity contribution in [2.75, 3.05) is 5.32 Å². The average Bonchev–Trinajstić information content (AvgIpc) is 2.33. The van der Waals surface area contributed by atoms with Crippen molar-refractivity contribution in [3.05, 3.63) is 28.2 Å². The summed E-state index contributed by atoms with van der Waals surface area (Å²) in [4.78, 5) is 33.1. The third kappa shape index (κ3) is 5.90. The maximum absolute atomic E-state index is 11.5. The fourth-order valence-electron chi connectivity index (χ4n) is 1.33. The Balaban J connectivity index is 2.41. The predicted molar refractivity (Wildman–Crippen MR) is 75.1 cm³/mol. The van der Waals surface area contributed by atoms with Gasteiger partial charge in [0.25, 0.3) is 0 Å². The van der Waals surface area contributed by atoms with Crippen LogP contribution in [0.5, 0.6) is 0 Å². The summed E-state index contributed by atoms with van der Waals surface area (Å²) in [6, 6.07) is 3.76. The number of aliphatic carboxylic acids is 1. The smallest absolute Gasteiger partial charge is 0.325 e. The maximum Gasteiger partial charge on any atom is 0.325 e. The van der Waals surface area contributed by atoms with E-state index in [1.54, 1.807) is 0 Å². The summed E-state index contributed by atoms with van der Waals surface area (Å²) < 4.78 is 0. The van der Waals surface area contributed by atoms with Crippen molar-refractivity contribution in [1.82, 2.24) is 5.32 Å². The van der Waals surface area contributed by atoms with Crippen LogP contribution in [0.4, 0.5) is 10.5 Å². The summed E-state index contributed by atoms with van der Waals surface area (Å²) in [5.41, 5.74) is 0.384. The molecular weight excluding hydrogens is 307 g/mol. The maximum atomic E-state index is 11.5. The van der Waals surface area contributed by atoms with Gasteiger partial charge in [-0.05, 0) is 24.6 Å². The Hall–Kier alpha value is -1.79. The van der Waals surface area contributed by atoms with E-state index in [4.69, 9.17) is 28.3 Å². The van der Waals surface area contributed by atoms with Crippen LogP contribution < -0.4 is 10.6 Å². The van der Waals surface area contributed by atoms with Crippen molar-refractivity contribution < 1.29 is 19.5 Å². The van der Waals surface area contributed by atoms with Gasteiger partial charge in [-0.25, -0.2) is 4.79 Å². The lowest BCUT2D eigenvalue weighted by Gasteiger charge is -2.07. The summed E-state index contributed by atoms with van der Waals surface area (Å²) >= 11 is 11.5. The zero-order valence-corrected chi connectivity index (χ0v) is 11.8. The summed E-state index contributed by atoms with van der Waals surface area (Å²) in [6.45, 7) is 0. The van der Waals surface area contributed by atoms with Crippen molar-refractivity contribution in [3.63, 3.8) is 0 Å². The van der Waals surface area contributed by atoms with E-state index in [-0.39, 0.29) is 24.3 Å². The first-order valence-electron chi connectivity index (χ1n) is 5.66.